The fourth-order valence-corrected chi connectivity index (χ4v) is 3.50. The first-order chi connectivity index (χ1) is 11.8. The molecule has 1 aliphatic rings. The topological polar surface area (TPSA) is 67.0 Å². The molecule has 1 aliphatic heterocycles. The van der Waals surface area contributed by atoms with Crippen LogP contribution in [0.25, 0.3) is 0 Å². The average molecular weight is 473 g/mol. The van der Waals surface area contributed by atoms with Crippen molar-refractivity contribution in [2.45, 2.75) is 6.42 Å². The summed E-state index contributed by atoms with van der Waals surface area (Å²) in [5.41, 5.74) is 7.32. The molecule has 1 aromatic carbocycles. The summed E-state index contributed by atoms with van der Waals surface area (Å²) in [4.78, 5) is 13.3. The minimum Gasteiger partial charge on any atom is -0.496 e. The molecule has 0 bridgehead atoms. The highest BCUT2D eigenvalue weighted by Crippen LogP contribution is 2.19. The highest BCUT2D eigenvalue weighted by Gasteiger charge is 2.19. The zero-order valence-corrected chi connectivity index (χ0v) is 17.4. The number of aromatic nitrogens is 1. The Hall–Kier alpha value is -1.55. The third kappa shape index (κ3) is 5.21. The number of nitrogens with two attached hydrogens (primary N) is 1. The molecule has 0 amide bonds. The highest BCUT2D eigenvalue weighted by atomic mass is 127. The van der Waals surface area contributed by atoms with Crippen molar-refractivity contribution in [2.75, 3.05) is 44.7 Å². The van der Waals surface area contributed by atoms with E-state index in [1.807, 2.05) is 29.8 Å². The summed E-state index contributed by atoms with van der Waals surface area (Å²) in [6.45, 7) is 4.28. The van der Waals surface area contributed by atoms with Gasteiger partial charge in [0.2, 0.25) is 0 Å². The number of piperazine rings is 1. The van der Waals surface area contributed by atoms with Crippen LogP contribution in [-0.2, 0) is 6.42 Å². The first-order valence-electron chi connectivity index (χ1n) is 8.09. The molecule has 0 saturated carbocycles. The number of guanidine groups is 1. The quantitative estimate of drug-likeness (QED) is 0.411. The minimum atomic E-state index is 0. The average Bonchev–Trinajstić information content (AvgIpc) is 3.17. The standard InChI is InChI=1S/C17H23N5OS.HI/c1-23-15-5-3-2-4-14(15)6-7-19-16(18)21-9-11-22(12-10-21)17-20-8-13-24-17;/h2-5,8,13H,6-7,9-12H2,1H3,(H2,18,19);1H. The summed E-state index contributed by atoms with van der Waals surface area (Å²) < 4.78 is 5.37. The van der Waals surface area contributed by atoms with Crippen LogP contribution in [-0.4, -0.2) is 55.7 Å². The predicted molar refractivity (Wildman–Crippen MR) is 115 cm³/mol. The molecule has 1 saturated heterocycles. The number of hydrogen-bond acceptors (Lipinski definition) is 5. The number of benzene rings is 1. The second-order valence-corrected chi connectivity index (χ2v) is 6.46. The van der Waals surface area contributed by atoms with E-state index in [9.17, 15) is 0 Å². The van der Waals surface area contributed by atoms with Gasteiger partial charge in [-0.25, -0.2) is 4.98 Å². The lowest BCUT2D eigenvalue weighted by atomic mass is 10.1. The molecule has 1 fully saturated rings. The summed E-state index contributed by atoms with van der Waals surface area (Å²) in [5, 5.41) is 3.09. The van der Waals surface area contributed by atoms with Crippen LogP contribution < -0.4 is 15.4 Å². The van der Waals surface area contributed by atoms with E-state index in [1.165, 1.54) is 0 Å². The number of ether oxygens (including phenoxy) is 1. The Morgan fingerprint density at radius 2 is 2.04 bits per heavy atom. The molecule has 0 radical (unpaired) electrons. The van der Waals surface area contributed by atoms with Crippen LogP contribution in [0.1, 0.15) is 5.56 Å². The Morgan fingerprint density at radius 3 is 2.72 bits per heavy atom. The van der Waals surface area contributed by atoms with E-state index >= 15 is 0 Å². The van der Waals surface area contributed by atoms with Crippen LogP contribution in [0.4, 0.5) is 5.13 Å². The van der Waals surface area contributed by atoms with Crippen molar-refractivity contribution < 1.29 is 4.74 Å². The van der Waals surface area contributed by atoms with Crippen LogP contribution in [0.2, 0.25) is 0 Å². The Balaban J connectivity index is 0.00000225. The number of anilines is 1. The maximum absolute atomic E-state index is 6.16. The van der Waals surface area contributed by atoms with Gasteiger partial charge in [0.15, 0.2) is 11.1 Å². The van der Waals surface area contributed by atoms with E-state index in [1.54, 1.807) is 18.4 Å². The van der Waals surface area contributed by atoms with Crippen molar-refractivity contribution in [1.29, 1.82) is 0 Å². The molecule has 0 spiro atoms. The molecule has 8 heteroatoms. The van der Waals surface area contributed by atoms with E-state index in [0.717, 1.165) is 49.0 Å². The molecular weight excluding hydrogens is 449 g/mol. The first-order valence-corrected chi connectivity index (χ1v) is 8.97. The Labute approximate surface area is 169 Å². The molecule has 0 atom stereocenters. The van der Waals surface area contributed by atoms with Gasteiger partial charge in [-0.1, -0.05) is 18.2 Å². The van der Waals surface area contributed by atoms with Crippen LogP contribution >= 0.6 is 35.3 Å². The monoisotopic (exact) mass is 473 g/mol. The summed E-state index contributed by atoms with van der Waals surface area (Å²) in [6.07, 6.45) is 2.67. The number of para-hydroxylation sites is 1. The van der Waals surface area contributed by atoms with Gasteiger partial charge in [-0.2, -0.15) is 0 Å². The number of hydrogen-bond donors (Lipinski definition) is 1. The zero-order valence-electron chi connectivity index (χ0n) is 14.3. The minimum absolute atomic E-state index is 0. The zero-order chi connectivity index (χ0) is 16.8. The van der Waals surface area contributed by atoms with Gasteiger partial charge in [-0.15, -0.1) is 35.3 Å². The highest BCUT2D eigenvalue weighted by molar-refractivity contribution is 14.0. The van der Waals surface area contributed by atoms with Crippen molar-refractivity contribution in [1.82, 2.24) is 9.88 Å². The molecule has 1 aromatic heterocycles. The van der Waals surface area contributed by atoms with E-state index in [0.29, 0.717) is 12.5 Å². The second kappa shape index (κ2) is 9.81. The lowest BCUT2D eigenvalue weighted by molar-refractivity contribution is 0.380. The lowest BCUT2D eigenvalue weighted by Gasteiger charge is -2.35. The Bertz CT molecular complexity index is 671. The van der Waals surface area contributed by atoms with Crippen molar-refractivity contribution in [3.8, 4) is 5.75 Å². The van der Waals surface area contributed by atoms with Crippen LogP contribution in [0.3, 0.4) is 0 Å². The number of methoxy groups -OCH3 is 1. The fourth-order valence-electron chi connectivity index (χ4n) is 2.80. The van der Waals surface area contributed by atoms with Gasteiger partial charge in [0.1, 0.15) is 5.75 Å². The summed E-state index contributed by atoms with van der Waals surface area (Å²) in [5.74, 6) is 1.53. The van der Waals surface area contributed by atoms with Crippen LogP contribution in [0.15, 0.2) is 40.8 Å². The van der Waals surface area contributed by atoms with E-state index in [2.05, 4.69) is 25.8 Å². The number of rotatable bonds is 5. The van der Waals surface area contributed by atoms with Gasteiger partial charge in [0.25, 0.3) is 0 Å². The number of thiazole rings is 1. The third-order valence-electron chi connectivity index (χ3n) is 4.14. The normalized spacial score (nSPS) is 15.0. The Kier molecular flexibility index (Phi) is 7.76. The van der Waals surface area contributed by atoms with Gasteiger partial charge in [0.05, 0.1) is 7.11 Å². The fraction of sp³-hybridized carbons (Fsp3) is 0.412. The van der Waals surface area contributed by atoms with E-state index in [4.69, 9.17) is 10.5 Å². The van der Waals surface area contributed by atoms with Gasteiger partial charge in [0, 0.05) is 44.3 Å². The van der Waals surface area contributed by atoms with E-state index in [-0.39, 0.29) is 24.0 Å². The molecule has 25 heavy (non-hydrogen) atoms. The largest absolute Gasteiger partial charge is 0.496 e. The van der Waals surface area contributed by atoms with Gasteiger partial charge < -0.3 is 20.3 Å². The molecule has 2 N–H and O–H groups in total. The van der Waals surface area contributed by atoms with E-state index < -0.39 is 0 Å². The third-order valence-corrected chi connectivity index (χ3v) is 4.97. The molecule has 3 rings (SSSR count). The molecule has 0 aliphatic carbocycles. The molecule has 0 unspecified atom stereocenters. The van der Waals surface area contributed by atoms with Crippen molar-refractivity contribution >= 4 is 46.4 Å². The Morgan fingerprint density at radius 1 is 1.28 bits per heavy atom. The van der Waals surface area contributed by atoms with Crippen molar-refractivity contribution in [2.24, 2.45) is 10.7 Å². The second-order valence-electron chi connectivity index (χ2n) is 5.59. The summed E-state index contributed by atoms with van der Waals surface area (Å²) in [6, 6.07) is 8.03. The number of aliphatic imine (C=N–C) groups is 1. The summed E-state index contributed by atoms with van der Waals surface area (Å²) >= 11 is 1.68. The van der Waals surface area contributed by atoms with Crippen molar-refractivity contribution in [3.05, 3.63) is 41.4 Å². The number of nitrogens with zero attached hydrogens (tertiary/aromatic N) is 4. The maximum atomic E-state index is 6.16. The molecule has 136 valence electrons. The van der Waals surface area contributed by atoms with Crippen LogP contribution in [0, 0.1) is 0 Å². The SMILES string of the molecule is COc1ccccc1CCN=C(N)N1CCN(c2nccs2)CC1.I. The van der Waals surface area contributed by atoms with Crippen molar-refractivity contribution in [3.63, 3.8) is 0 Å². The summed E-state index contributed by atoms with van der Waals surface area (Å²) in [7, 11) is 1.69. The van der Waals surface area contributed by atoms with Gasteiger partial charge in [-0.05, 0) is 18.1 Å². The van der Waals surface area contributed by atoms with Crippen LogP contribution in [0.5, 0.6) is 5.75 Å². The molecule has 6 nitrogen and oxygen atoms in total. The maximum Gasteiger partial charge on any atom is 0.191 e. The lowest BCUT2D eigenvalue weighted by Crippen LogP contribution is -2.51. The molecule has 2 heterocycles. The molecular formula is C17H24IN5OS. The molecule has 2 aromatic rings. The number of halogens is 1. The van der Waals surface area contributed by atoms with Gasteiger partial charge in [-0.3, -0.25) is 4.99 Å². The predicted octanol–water partition coefficient (Wildman–Crippen LogP) is 2.45. The van der Waals surface area contributed by atoms with Gasteiger partial charge >= 0.3 is 0 Å². The first kappa shape index (κ1) is 19.8. The smallest absolute Gasteiger partial charge is 0.191 e.